The Hall–Kier alpha value is -4.24. The second-order valence-electron chi connectivity index (χ2n) is 8.12. The third-order valence-corrected chi connectivity index (χ3v) is 6.00. The van der Waals surface area contributed by atoms with E-state index in [0.29, 0.717) is 0 Å². The summed E-state index contributed by atoms with van der Waals surface area (Å²) in [7, 11) is 0. The Morgan fingerprint density at radius 3 is 2.06 bits per heavy atom. The summed E-state index contributed by atoms with van der Waals surface area (Å²) in [5, 5.41) is 11.4. The summed E-state index contributed by atoms with van der Waals surface area (Å²) in [6, 6.07) is 36.1. The Bertz CT molecular complexity index is 1560. The number of nitrogens with zero attached hydrogens (tertiary/aromatic N) is 3. The van der Waals surface area contributed by atoms with Crippen LogP contribution in [0.2, 0.25) is 0 Å². The number of aryl methyl sites for hydroxylation is 1. The zero-order valence-electron chi connectivity index (χ0n) is 17.7. The predicted octanol–water partition coefficient (Wildman–Crippen LogP) is 7.19. The molecule has 0 spiro atoms. The molecule has 0 N–H and O–H groups in total. The maximum absolute atomic E-state index is 4.56. The molecule has 0 unspecified atom stereocenters. The van der Waals surface area contributed by atoms with E-state index in [1.165, 1.54) is 33.2 Å². The van der Waals surface area contributed by atoms with Crippen LogP contribution in [0.4, 0.5) is 0 Å². The third kappa shape index (κ3) is 3.07. The first-order valence-corrected chi connectivity index (χ1v) is 10.8. The molecule has 6 rings (SSSR count). The number of rotatable bonds is 3. The van der Waals surface area contributed by atoms with E-state index in [1.807, 2.05) is 6.07 Å². The van der Waals surface area contributed by atoms with Crippen LogP contribution in [-0.2, 0) is 0 Å². The van der Waals surface area contributed by atoms with E-state index in [0.717, 1.165) is 22.4 Å². The number of benzene rings is 4. The summed E-state index contributed by atoms with van der Waals surface area (Å²) >= 11 is 0. The van der Waals surface area contributed by atoms with E-state index >= 15 is 0 Å². The first-order valence-electron chi connectivity index (χ1n) is 10.8. The standard InChI is InChI=1S/C29H21N3/c1-20-14-16-22(17-15-20)28-30-31-29-26-13-6-5-12-25(26)27(19-32(28)29)24-11-7-10-23(18-24)21-8-3-2-4-9-21/h2-19H,1H3. The maximum atomic E-state index is 4.56. The molecule has 32 heavy (non-hydrogen) atoms. The van der Waals surface area contributed by atoms with E-state index in [9.17, 15) is 0 Å². The van der Waals surface area contributed by atoms with Gasteiger partial charge in [-0.05, 0) is 35.1 Å². The molecule has 0 bridgehead atoms. The number of hydrogen-bond donors (Lipinski definition) is 0. The molecule has 0 aliphatic rings. The van der Waals surface area contributed by atoms with Crippen molar-refractivity contribution in [2.24, 2.45) is 0 Å². The van der Waals surface area contributed by atoms with Gasteiger partial charge in [-0.15, -0.1) is 10.2 Å². The number of fused-ring (bicyclic) bond motifs is 3. The summed E-state index contributed by atoms with van der Waals surface area (Å²) in [6.07, 6.45) is 2.18. The predicted molar refractivity (Wildman–Crippen MR) is 132 cm³/mol. The highest BCUT2D eigenvalue weighted by Gasteiger charge is 2.15. The normalized spacial score (nSPS) is 11.3. The van der Waals surface area contributed by atoms with Gasteiger partial charge in [0.25, 0.3) is 0 Å². The molecule has 0 radical (unpaired) electrons. The first kappa shape index (κ1) is 18.5. The van der Waals surface area contributed by atoms with Gasteiger partial charge in [0, 0.05) is 22.7 Å². The van der Waals surface area contributed by atoms with Crippen molar-refractivity contribution in [1.82, 2.24) is 14.6 Å². The minimum absolute atomic E-state index is 0.853. The second kappa shape index (κ2) is 7.47. The van der Waals surface area contributed by atoms with Gasteiger partial charge >= 0.3 is 0 Å². The topological polar surface area (TPSA) is 30.2 Å². The van der Waals surface area contributed by atoms with Crippen LogP contribution in [0.15, 0.2) is 109 Å². The number of hydrogen-bond acceptors (Lipinski definition) is 2. The van der Waals surface area contributed by atoms with Gasteiger partial charge in [0.15, 0.2) is 11.5 Å². The van der Waals surface area contributed by atoms with Gasteiger partial charge in [-0.3, -0.25) is 4.40 Å². The van der Waals surface area contributed by atoms with Gasteiger partial charge in [-0.2, -0.15) is 0 Å². The van der Waals surface area contributed by atoms with Gasteiger partial charge in [0.1, 0.15) is 0 Å². The van der Waals surface area contributed by atoms with Crippen molar-refractivity contribution in [3.8, 4) is 33.6 Å². The smallest absolute Gasteiger partial charge is 0.169 e. The molecule has 3 heteroatoms. The van der Waals surface area contributed by atoms with Gasteiger partial charge in [0.2, 0.25) is 0 Å². The van der Waals surface area contributed by atoms with Crippen molar-refractivity contribution >= 4 is 16.4 Å². The molecule has 2 aromatic heterocycles. The lowest BCUT2D eigenvalue weighted by molar-refractivity contribution is 1.11. The van der Waals surface area contributed by atoms with Gasteiger partial charge in [-0.1, -0.05) is 103 Å². The SMILES string of the molecule is Cc1ccc(-c2nnc3c4ccccc4c(-c4cccc(-c5ccccc5)c4)cn23)cc1. The van der Waals surface area contributed by atoms with Crippen LogP contribution in [0.5, 0.6) is 0 Å². The molecule has 0 saturated carbocycles. The van der Waals surface area contributed by atoms with Crippen molar-refractivity contribution in [3.05, 3.63) is 115 Å². The van der Waals surface area contributed by atoms with Crippen LogP contribution in [0.1, 0.15) is 5.56 Å². The van der Waals surface area contributed by atoms with E-state index in [2.05, 4.69) is 125 Å². The Kier molecular flexibility index (Phi) is 4.32. The van der Waals surface area contributed by atoms with Crippen molar-refractivity contribution in [2.45, 2.75) is 6.92 Å². The Morgan fingerprint density at radius 2 is 1.25 bits per heavy atom. The molecule has 2 heterocycles. The van der Waals surface area contributed by atoms with E-state index < -0.39 is 0 Å². The lowest BCUT2D eigenvalue weighted by Gasteiger charge is -2.12. The van der Waals surface area contributed by atoms with Crippen LogP contribution >= 0.6 is 0 Å². The Balaban J connectivity index is 1.61. The fourth-order valence-electron chi connectivity index (χ4n) is 4.34. The van der Waals surface area contributed by atoms with Crippen LogP contribution in [0.3, 0.4) is 0 Å². The van der Waals surface area contributed by atoms with E-state index in [4.69, 9.17) is 0 Å². The van der Waals surface area contributed by atoms with Gasteiger partial charge in [0.05, 0.1) is 0 Å². The average Bonchev–Trinajstić information content (AvgIpc) is 3.29. The molecular formula is C29H21N3. The lowest BCUT2D eigenvalue weighted by Crippen LogP contribution is -1.94. The largest absolute Gasteiger partial charge is 0.281 e. The maximum Gasteiger partial charge on any atom is 0.169 e. The molecule has 0 amide bonds. The summed E-state index contributed by atoms with van der Waals surface area (Å²) in [6.45, 7) is 2.09. The minimum atomic E-state index is 0.853. The Labute approximate surface area is 186 Å². The van der Waals surface area contributed by atoms with Crippen molar-refractivity contribution < 1.29 is 0 Å². The molecule has 0 fully saturated rings. The molecule has 0 aliphatic carbocycles. The zero-order chi connectivity index (χ0) is 21.5. The van der Waals surface area contributed by atoms with Crippen LogP contribution in [0.25, 0.3) is 50.1 Å². The molecule has 0 atom stereocenters. The number of aromatic nitrogens is 3. The van der Waals surface area contributed by atoms with Gasteiger partial charge < -0.3 is 0 Å². The third-order valence-electron chi connectivity index (χ3n) is 6.00. The highest BCUT2D eigenvalue weighted by atomic mass is 15.2. The fraction of sp³-hybridized carbons (Fsp3) is 0.0345. The molecule has 0 saturated heterocycles. The number of pyridine rings is 1. The highest BCUT2D eigenvalue weighted by Crippen LogP contribution is 2.34. The fourth-order valence-corrected chi connectivity index (χ4v) is 4.34. The quantitative estimate of drug-likeness (QED) is 0.308. The van der Waals surface area contributed by atoms with Crippen LogP contribution in [-0.4, -0.2) is 14.6 Å². The van der Waals surface area contributed by atoms with Crippen molar-refractivity contribution in [2.75, 3.05) is 0 Å². The summed E-state index contributed by atoms with van der Waals surface area (Å²) in [5.74, 6) is 0.853. The molecule has 152 valence electrons. The zero-order valence-corrected chi connectivity index (χ0v) is 17.7. The van der Waals surface area contributed by atoms with Crippen molar-refractivity contribution in [1.29, 1.82) is 0 Å². The van der Waals surface area contributed by atoms with E-state index in [1.54, 1.807) is 0 Å². The molecule has 4 aromatic carbocycles. The molecular weight excluding hydrogens is 390 g/mol. The minimum Gasteiger partial charge on any atom is -0.281 e. The molecule has 3 nitrogen and oxygen atoms in total. The average molecular weight is 412 g/mol. The van der Waals surface area contributed by atoms with Gasteiger partial charge in [-0.25, -0.2) is 0 Å². The summed E-state index contributed by atoms with van der Waals surface area (Å²) in [4.78, 5) is 0. The van der Waals surface area contributed by atoms with Crippen molar-refractivity contribution in [3.63, 3.8) is 0 Å². The molecule has 6 aromatic rings. The van der Waals surface area contributed by atoms with Crippen LogP contribution in [0, 0.1) is 6.92 Å². The second-order valence-corrected chi connectivity index (χ2v) is 8.12. The monoisotopic (exact) mass is 411 g/mol. The summed E-state index contributed by atoms with van der Waals surface area (Å²) in [5.41, 5.74) is 7.92. The highest BCUT2D eigenvalue weighted by molar-refractivity contribution is 6.04. The Morgan fingerprint density at radius 1 is 0.562 bits per heavy atom. The first-order chi connectivity index (χ1) is 15.8. The lowest BCUT2D eigenvalue weighted by atomic mass is 9.96. The molecule has 0 aliphatic heterocycles. The van der Waals surface area contributed by atoms with Crippen LogP contribution < -0.4 is 0 Å². The summed E-state index contributed by atoms with van der Waals surface area (Å²) < 4.78 is 2.12. The van der Waals surface area contributed by atoms with E-state index in [-0.39, 0.29) is 0 Å².